The maximum absolute atomic E-state index is 12.5. The molecule has 0 aromatic rings. The summed E-state index contributed by atoms with van der Waals surface area (Å²) < 4.78 is 60.5. The summed E-state index contributed by atoms with van der Waals surface area (Å²) >= 11 is 0. The smallest absolute Gasteiger partial charge is 0.346 e. The van der Waals surface area contributed by atoms with Crippen molar-refractivity contribution in [2.75, 3.05) is 6.54 Å². The van der Waals surface area contributed by atoms with Gasteiger partial charge in [0.25, 0.3) is 0 Å². The van der Waals surface area contributed by atoms with E-state index in [-0.39, 0.29) is 12.5 Å². The summed E-state index contributed by atoms with van der Waals surface area (Å²) in [6.07, 6.45) is -4.51. The largest absolute Gasteiger partial charge is 0.463 e. The number of hydrogen-bond donors (Lipinski definition) is 2. The van der Waals surface area contributed by atoms with Crippen LogP contribution in [0.3, 0.4) is 0 Å². The molecule has 3 nitrogen and oxygen atoms in total. The lowest BCUT2D eigenvalue weighted by Crippen LogP contribution is -2.54. The van der Waals surface area contributed by atoms with E-state index in [1.54, 1.807) is 5.32 Å². The van der Waals surface area contributed by atoms with Gasteiger partial charge < -0.3 is 11.1 Å². The highest BCUT2D eigenvalue weighted by molar-refractivity contribution is 5.84. The topological polar surface area (TPSA) is 55.1 Å². The van der Waals surface area contributed by atoms with Gasteiger partial charge >= 0.3 is 18.0 Å². The monoisotopic (exact) mass is 246 g/mol. The second-order valence-electron chi connectivity index (χ2n) is 3.73. The van der Waals surface area contributed by atoms with Gasteiger partial charge in [0.2, 0.25) is 0 Å². The van der Waals surface area contributed by atoms with Crippen molar-refractivity contribution in [3.63, 3.8) is 0 Å². The molecule has 1 unspecified atom stereocenters. The van der Waals surface area contributed by atoms with E-state index in [9.17, 15) is 26.7 Å². The van der Waals surface area contributed by atoms with Crippen molar-refractivity contribution in [1.82, 2.24) is 5.32 Å². The Bertz CT molecular complexity index is 274. The van der Waals surface area contributed by atoms with Crippen molar-refractivity contribution < 1.29 is 26.7 Å². The van der Waals surface area contributed by atoms with Crippen molar-refractivity contribution in [3.05, 3.63) is 0 Å². The Morgan fingerprint density at radius 1 is 1.31 bits per heavy atom. The molecule has 0 spiro atoms. The zero-order valence-electron chi connectivity index (χ0n) is 8.15. The van der Waals surface area contributed by atoms with Crippen molar-refractivity contribution in [2.24, 2.45) is 11.7 Å². The molecule has 0 aliphatic heterocycles. The molecule has 1 aliphatic rings. The van der Waals surface area contributed by atoms with E-state index >= 15 is 0 Å². The summed E-state index contributed by atoms with van der Waals surface area (Å²) in [6, 6.07) is -0.805. The summed E-state index contributed by atoms with van der Waals surface area (Å²) in [6.45, 7) is -0.148. The van der Waals surface area contributed by atoms with Crippen LogP contribution in [0.2, 0.25) is 0 Å². The van der Waals surface area contributed by atoms with Gasteiger partial charge in [0.1, 0.15) is 0 Å². The van der Waals surface area contributed by atoms with E-state index in [0.29, 0.717) is 12.8 Å². The second kappa shape index (κ2) is 4.15. The van der Waals surface area contributed by atoms with Crippen LogP contribution in [0.1, 0.15) is 12.8 Å². The molecule has 0 bridgehead atoms. The minimum absolute atomic E-state index is 0.0852. The Labute approximate surface area is 88.2 Å². The lowest BCUT2D eigenvalue weighted by molar-refractivity contribution is -0.270. The lowest BCUT2D eigenvalue weighted by Gasteiger charge is -2.22. The maximum atomic E-state index is 12.5. The number of nitrogens with one attached hydrogen (secondary N) is 1. The maximum Gasteiger partial charge on any atom is 0.463 e. The zero-order valence-corrected chi connectivity index (χ0v) is 8.15. The molecule has 0 aromatic carbocycles. The van der Waals surface area contributed by atoms with E-state index in [1.807, 2.05) is 0 Å². The molecule has 8 heteroatoms. The standard InChI is InChI=1S/C8H11F5N2O/c9-7(10,8(11,12)13)6(16)15-5(3-14)4-1-2-4/h4-5H,1-3,14H2,(H,15,16). The summed E-state index contributed by atoms with van der Waals surface area (Å²) in [5.41, 5.74) is 5.17. The van der Waals surface area contributed by atoms with E-state index in [4.69, 9.17) is 5.73 Å². The van der Waals surface area contributed by atoms with Gasteiger partial charge in [-0.2, -0.15) is 22.0 Å². The third-order valence-electron chi connectivity index (χ3n) is 2.40. The Balaban J connectivity index is 2.63. The van der Waals surface area contributed by atoms with E-state index in [2.05, 4.69) is 0 Å². The minimum Gasteiger partial charge on any atom is -0.346 e. The number of halogens is 5. The molecule has 0 saturated heterocycles. The van der Waals surface area contributed by atoms with E-state index in [1.165, 1.54) is 0 Å². The number of rotatable bonds is 4. The predicted octanol–water partition coefficient (Wildman–Crippen LogP) is 1.04. The fraction of sp³-hybridized carbons (Fsp3) is 0.875. The first-order chi connectivity index (χ1) is 7.20. The van der Waals surface area contributed by atoms with Crippen LogP contribution < -0.4 is 11.1 Å². The number of nitrogens with two attached hydrogens (primary N) is 1. The highest BCUT2D eigenvalue weighted by atomic mass is 19.4. The van der Waals surface area contributed by atoms with Gasteiger partial charge in [-0.15, -0.1) is 0 Å². The predicted molar refractivity (Wildman–Crippen MR) is 44.7 cm³/mol. The summed E-state index contributed by atoms with van der Waals surface area (Å²) in [5, 5.41) is 1.64. The normalized spacial score (nSPS) is 19.4. The molecule has 1 rings (SSSR count). The molecule has 1 atom stereocenters. The first-order valence-electron chi connectivity index (χ1n) is 4.65. The Morgan fingerprint density at radius 3 is 2.12 bits per heavy atom. The number of carbonyl (C=O) groups is 1. The van der Waals surface area contributed by atoms with Gasteiger partial charge in [0.05, 0.1) is 0 Å². The molecular weight excluding hydrogens is 235 g/mol. The van der Waals surface area contributed by atoms with Crippen LogP contribution in [0.4, 0.5) is 22.0 Å². The van der Waals surface area contributed by atoms with Crippen LogP contribution in [0.15, 0.2) is 0 Å². The summed E-state index contributed by atoms with van der Waals surface area (Å²) in [5.74, 6) is -7.78. The quantitative estimate of drug-likeness (QED) is 0.728. The van der Waals surface area contributed by atoms with Crippen molar-refractivity contribution in [2.45, 2.75) is 31.0 Å². The fourth-order valence-corrected chi connectivity index (χ4v) is 1.26. The number of hydrogen-bond acceptors (Lipinski definition) is 2. The van der Waals surface area contributed by atoms with Gasteiger partial charge in [0, 0.05) is 12.6 Å². The average molecular weight is 246 g/mol. The molecule has 94 valence electrons. The van der Waals surface area contributed by atoms with Crippen LogP contribution in [0, 0.1) is 5.92 Å². The van der Waals surface area contributed by atoms with Gasteiger partial charge in [0.15, 0.2) is 0 Å². The average Bonchev–Trinajstić information content (AvgIpc) is 2.94. The third kappa shape index (κ3) is 2.60. The van der Waals surface area contributed by atoms with E-state index in [0.717, 1.165) is 0 Å². The Morgan fingerprint density at radius 2 is 1.81 bits per heavy atom. The van der Waals surface area contributed by atoms with Gasteiger partial charge in [-0.25, -0.2) is 0 Å². The second-order valence-corrected chi connectivity index (χ2v) is 3.73. The number of alkyl halides is 5. The minimum atomic E-state index is -5.88. The highest BCUT2D eigenvalue weighted by Crippen LogP contribution is 2.37. The van der Waals surface area contributed by atoms with Crippen LogP contribution in [-0.4, -0.2) is 30.6 Å². The van der Waals surface area contributed by atoms with Crippen molar-refractivity contribution in [1.29, 1.82) is 0 Å². The van der Waals surface area contributed by atoms with Gasteiger partial charge in [-0.1, -0.05) is 0 Å². The van der Waals surface area contributed by atoms with Crippen LogP contribution in [-0.2, 0) is 4.79 Å². The molecule has 16 heavy (non-hydrogen) atoms. The highest BCUT2D eigenvalue weighted by Gasteiger charge is 2.63. The first kappa shape index (κ1) is 13.1. The van der Waals surface area contributed by atoms with Crippen LogP contribution in [0.5, 0.6) is 0 Å². The zero-order chi connectivity index (χ0) is 12.6. The molecule has 1 amide bonds. The van der Waals surface area contributed by atoms with E-state index < -0.39 is 24.0 Å². The molecule has 1 saturated carbocycles. The SMILES string of the molecule is NCC(NC(=O)C(F)(F)C(F)(F)F)C1CC1. The van der Waals surface area contributed by atoms with Crippen LogP contribution in [0.25, 0.3) is 0 Å². The third-order valence-corrected chi connectivity index (χ3v) is 2.40. The first-order valence-corrected chi connectivity index (χ1v) is 4.65. The molecule has 1 fully saturated rings. The molecule has 3 N–H and O–H groups in total. The van der Waals surface area contributed by atoms with Crippen molar-refractivity contribution >= 4 is 5.91 Å². The van der Waals surface area contributed by atoms with Gasteiger partial charge in [-0.3, -0.25) is 4.79 Å². The fourth-order valence-electron chi connectivity index (χ4n) is 1.26. The Hall–Kier alpha value is -0.920. The summed E-state index contributed by atoms with van der Waals surface area (Å²) in [4.78, 5) is 10.8. The lowest BCUT2D eigenvalue weighted by atomic mass is 10.1. The molecule has 0 radical (unpaired) electrons. The molecule has 0 heterocycles. The van der Waals surface area contributed by atoms with Crippen molar-refractivity contribution in [3.8, 4) is 0 Å². The molecule has 0 aromatic heterocycles. The van der Waals surface area contributed by atoms with Crippen LogP contribution >= 0.6 is 0 Å². The summed E-state index contributed by atoms with van der Waals surface area (Å²) in [7, 11) is 0. The Kier molecular flexibility index (Phi) is 3.41. The molecular formula is C8H11F5N2O. The number of amides is 1. The molecule has 1 aliphatic carbocycles. The van der Waals surface area contributed by atoms with Gasteiger partial charge in [-0.05, 0) is 18.8 Å². The number of carbonyl (C=O) groups excluding carboxylic acids is 1.